The first kappa shape index (κ1) is 13.5. The van der Waals surface area contributed by atoms with Gasteiger partial charge in [-0.25, -0.2) is 4.79 Å². The maximum absolute atomic E-state index is 11.7. The minimum absolute atomic E-state index is 0.0124. The van der Waals surface area contributed by atoms with Gasteiger partial charge >= 0.3 is 5.97 Å². The van der Waals surface area contributed by atoms with E-state index >= 15 is 0 Å². The molecule has 1 aliphatic heterocycles. The normalized spacial score (nSPS) is 24.9. The van der Waals surface area contributed by atoms with Gasteiger partial charge in [-0.05, 0) is 6.42 Å². The van der Waals surface area contributed by atoms with Crippen molar-refractivity contribution in [2.45, 2.75) is 31.0 Å². The lowest BCUT2D eigenvalue weighted by Crippen LogP contribution is -2.48. The van der Waals surface area contributed by atoms with E-state index in [9.17, 15) is 9.59 Å². The fraction of sp³-hybridized carbons (Fsp3) is 0.636. The highest BCUT2D eigenvalue weighted by Crippen LogP contribution is 2.09. The third kappa shape index (κ3) is 3.73. The highest BCUT2D eigenvalue weighted by atomic mass is 16.5. The first-order valence-electron chi connectivity index (χ1n) is 5.31. The summed E-state index contributed by atoms with van der Waals surface area (Å²) >= 11 is 0. The van der Waals surface area contributed by atoms with E-state index in [1.165, 1.54) is 0 Å². The summed E-state index contributed by atoms with van der Waals surface area (Å²) in [6.45, 7) is 0.585. The Hall–Kier alpha value is -1.58. The van der Waals surface area contributed by atoms with E-state index in [2.05, 4.69) is 16.6 Å². The zero-order valence-corrected chi connectivity index (χ0v) is 9.60. The van der Waals surface area contributed by atoms with Gasteiger partial charge in [0.2, 0.25) is 5.91 Å². The van der Waals surface area contributed by atoms with Crippen LogP contribution in [0.3, 0.4) is 0 Å². The highest BCUT2D eigenvalue weighted by molar-refractivity contribution is 5.87. The topological polar surface area (TPSA) is 87.7 Å². The van der Waals surface area contributed by atoms with Crippen LogP contribution in [0.25, 0.3) is 0 Å². The van der Waals surface area contributed by atoms with Crippen molar-refractivity contribution in [3.05, 3.63) is 0 Å². The fourth-order valence-electron chi connectivity index (χ4n) is 1.67. The maximum atomic E-state index is 11.7. The van der Waals surface area contributed by atoms with Gasteiger partial charge in [0.1, 0.15) is 6.04 Å². The minimum atomic E-state index is -1.13. The molecule has 17 heavy (non-hydrogen) atoms. The van der Waals surface area contributed by atoms with Crippen molar-refractivity contribution in [3.8, 4) is 12.3 Å². The molecule has 1 heterocycles. The Morgan fingerprint density at radius 2 is 2.41 bits per heavy atom. The number of methoxy groups -OCH3 is 1. The van der Waals surface area contributed by atoms with Gasteiger partial charge in [0.15, 0.2) is 0 Å². The van der Waals surface area contributed by atoms with Gasteiger partial charge < -0.3 is 20.5 Å². The summed E-state index contributed by atoms with van der Waals surface area (Å²) in [6, 6.07) is -1.45. The monoisotopic (exact) mass is 240 g/mol. The Balaban J connectivity index is 2.48. The number of carbonyl (C=O) groups is 2. The fourth-order valence-corrected chi connectivity index (χ4v) is 1.67. The molecule has 6 nitrogen and oxygen atoms in total. The summed E-state index contributed by atoms with van der Waals surface area (Å²) in [7, 11) is 1.57. The number of amides is 1. The second-order valence-corrected chi connectivity index (χ2v) is 3.86. The van der Waals surface area contributed by atoms with E-state index in [1.807, 2.05) is 0 Å². The van der Waals surface area contributed by atoms with Crippen molar-refractivity contribution < 1.29 is 19.4 Å². The zero-order valence-electron chi connectivity index (χ0n) is 9.60. The van der Waals surface area contributed by atoms with Gasteiger partial charge in [0.05, 0.1) is 12.1 Å². The lowest BCUT2D eigenvalue weighted by molar-refractivity contribution is -0.141. The number of carboxylic acid groups (broad SMARTS) is 1. The van der Waals surface area contributed by atoms with Gasteiger partial charge in [-0.15, -0.1) is 12.3 Å². The molecule has 0 aromatic rings. The molecule has 0 aromatic heterocycles. The molecule has 1 saturated heterocycles. The Kier molecular flexibility index (Phi) is 4.94. The number of nitrogens with one attached hydrogen (secondary N) is 2. The lowest BCUT2D eigenvalue weighted by atomic mass is 10.1. The smallest absolute Gasteiger partial charge is 0.327 e. The molecular formula is C11H16N2O4. The lowest BCUT2D eigenvalue weighted by Gasteiger charge is -2.15. The average molecular weight is 240 g/mol. The van der Waals surface area contributed by atoms with Crippen LogP contribution in [-0.4, -0.2) is 48.8 Å². The Morgan fingerprint density at radius 1 is 1.71 bits per heavy atom. The van der Waals surface area contributed by atoms with Crippen LogP contribution in [0.15, 0.2) is 0 Å². The number of hydrogen-bond acceptors (Lipinski definition) is 4. The summed E-state index contributed by atoms with van der Waals surface area (Å²) in [5.74, 6) is 0.743. The Morgan fingerprint density at radius 3 is 2.88 bits per heavy atom. The van der Waals surface area contributed by atoms with Gasteiger partial charge in [0, 0.05) is 20.1 Å². The largest absolute Gasteiger partial charge is 0.480 e. The molecule has 1 fully saturated rings. The van der Waals surface area contributed by atoms with E-state index < -0.39 is 18.1 Å². The predicted octanol–water partition coefficient (Wildman–Crippen LogP) is -1.04. The quantitative estimate of drug-likeness (QED) is 0.534. The van der Waals surface area contributed by atoms with Crippen LogP contribution in [0.1, 0.15) is 12.8 Å². The summed E-state index contributed by atoms with van der Waals surface area (Å²) in [5, 5.41) is 14.2. The molecule has 1 amide bonds. The van der Waals surface area contributed by atoms with E-state index in [4.69, 9.17) is 16.3 Å². The van der Waals surface area contributed by atoms with Crippen molar-refractivity contribution >= 4 is 11.9 Å². The SMILES string of the molecule is C#CCC(NC(=O)C1CC(OC)CN1)C(=O)O. The summed E-state index contributed by atoms with van der Waals surface area (Å²) in [6.07, 6.45) is 5.53. The van der Waals surface area contributed by atoms with Crippen LogP contribution in [-0.2, 0) is 14.3 Å². The first-order chi connectivity index (χ1) is 8.08. The van der Waals surface area contributed by atoms with E-state index in [1.54, 1.807) is 7.11 Å². The molecule has 0 aromatic carbocycles. The van der Waals surface area contributed by atoms with Crippen LogP contribution in [0.2, 0.25) is 0 Å². The summed E-state index contributed by atoms with van der Waals surface area (Å²) in [5.41, 5.74) is 0. The van der Waals surface area contributed by atoms with Crippen LogP contribution < -0.4 is 10.6 Å². The van der Waals surface area contributed by atoms with Crippen LogP contribution in [0.4, 0.5) is 0 Å². The van der Waals surface area contributed by atoms with Crippen molar-refractivity contribution in [3.63, 3.8) is 0 Å². The van der Waals surface area contributed by atoms with Crippen LogP contribution in [0, 0.1) is 12.3 Å². The van der Waals surface area contributed by atoms with Crippen LogP contribution in [0.5, 0.6) is 0 Å². The molecule has 6 heteroatoms. The number of ether oxygens (including phenoxy) is 1. The molecule has 3 unspecified atom stereocenters. The molecule has 1 aliphatic rings. The maximum Gasteiger partial charge on any atom is 0.327 e. The third-order valence-corrected chi connectivity index (χ3v) is 2.68. The van der Waals surface area contributed by atoms with E-state index in [0.29, 0.717) is 13.0 Å². The van der Waals surface area contributed by atoms with Crippen molar-refractivity contribution in [1.29, 1.82) is 0 Å². The standard InChI is InChI=1S/C11H16N2O4/c1-3-4-8(11(15)16)13-10(14)9-5-7(17-2)6-12-9/h1,7-9,12H,4-6H2,2H3,(H,13,14)(H,15,16). The Bertz CT molecular complexity index is 337. The summed E-state index contributed by atoms with van der Waals surface area (Å²) < 4.78 is 5.10. The molecule has 0 aliphatic carbocycles. The van der Waals surface area contributed by atoms with Crippen molar-refractivity contribution in [2.75, 3.05) is 13.7 Å². The summed E-state index contributed by atoms with van der Waals surface area (Å²) in [4.78, 5) is 22.5. The number of hydrogen-bond donors (Lipinski definition) is 3. The molecule has 0 saturated carbocycles. The van der Waals surface area contributed by atoms with Crippen LogP contribution >= 0.6 is 0 Å². The highest BCUT2D eigenvalue weighted by Gasteiger charge is 2.31. The molecule has 3 N–H and O–H groups in total. The number of carbonyl (C=O) groups excluding carboxylic acids is 1. The molecular weight excluding hydrogens is 224 g/mol. The minimum Gasteiger partial charge on any atom is -0.480 e. The van der Waals surface area contributed by atoms with Gasteiger partial charge in [-0.2, -0.15) is 0 Å². The molecule has 0 spiro atoms. The molecule has 0 radical (unpaired) electrons. The second-order valence-electron chi connectivity index (χ2n) is 3.86. The number of terminal acetylenes is 1. The molecule has 1 rings (SSSR count). The Labute approximate surface area is 99.7 Å². The molecule has 3 atom stereocenters. The molecule has 94 valence electrons. The zero-order chi connectivity index (χ0) is 12.8. The number of rotatable bonds is 5. The third-order valence-electron chi connectivity index (χ3n) is 2.68. The van der Waals surface area contributed by atoms with Crippen molar-refractivity contribution in [2.24, 2.45) is 0 Å². The second kappa shape index (κ2) is 6.23. The first-order valence-corrected chi connectivity index (χ1v) is 5.31. The predicted molar refractivity (Wildman–Crippen MR) is 60.2 cm³/mol. The van der Waals surface area contributed by atoms with Crippen molar-refractivity contribution in [1.82, 2.24) is 10.6 Å². The molecule has 0 bridgehead atoms. The van der Waals surface area contributed by atoms with Gasteiger partial charge in [0.25, 0.3) is 0 Å². The number of carboxylic acids is 1. The van der Waals surface area contributed by atoms with Gasteiger partial charge in [-0.1, -0.05) is 0 Å². The number of aliphatic carboxylic acids is 1. The average Bonchev–Trinajstić information content (AvgIpc) is 2.76. The van der Waals surface area contributed by atoms with E-state index in [0.717, 1.165) is 0 Å². The van der Waals surface area contributed by atoms with E-state index in [-0.39, 0.29) is 18.4 Å². The van der Waals surface area contributed by atoms with Gasteiger partial charge in [-0.3, -0.25) is 4.79 Å².